The van der Waals surface area contributed by atoms with Crippen LogP contribution in [0.2, 0.25) is 0 Å². The van der Waals surface area contributed by atoms with Crippen LogP contribution < -0.4 is 10.3 Å². The van der Waals surface area contributed by atoms with Gasteiger partial charge in [0.05, 0.1) is 11.5 Å². The minimum atomic E-state index is -0.679. The number of thiophene rings is 1. The third kappa shape index (κ3) is 4.48. The number of fused-ring (bicyclic) bond motifs is 1. The molecule has 0 aliphatic carbocycles. The first-order valence-corrected chi connectivity index (χ1v) is 10.8. The summed E-state index contributed by atoms with van der Waals surface area (Å²) in [7, 11) is 0. The third-order valence-electron chi connectivity index (χ3n) is 4.40. The lowest BCUT2D eigenvalue weighted by molar-refractivity contribution is 0.126. The predicted molar refractivity (Wildman–Crippen MR) is 117 cm³/mol. The van der Waals surface area contributed by atoms with Crippen molar-refractivity contribution < 1.29 is 9.84 Å². The van der Waals surface area contributed by atoms with Gasteiger partial charge in [-0.3, -0.25) is 9.36 Å². The standard InChI is InChI=1S/C21H24N2O3S2/c1-5-9-23-20(25)18-14(3)15(4)28-19(18)22-21(23)27-12-16(24)11-26-17-8-6-7-13(2)10-17/h5-8,10,16,24H,1,9,11-12H2,2-4H3/t16-/m1/s1. The van der Waals surface area contributed by atoms with E-state index >= 15 is 0 Å². The number of hydrogen-bond acceptors (Lipinski definition) is 6. The van der Waals surface area contributed by atoms with Crippen LogP contribution in [-0.4, -0.2) is 33.1 Å². The maximum atomic E-state index is 12.9. The highest BCUT2D eigenvalue weighted by Crippen LogP contribution is 2.28. The van der Waals surface area contributed by atoms with Crippen molar-refractivity contribution in [1.82, 2.24) is 9.55 Å². The van der Waals surface area contributed by atoms with Gasteiger partial charge in [0.15, 0.2) is 5.16 Å². The Morgan fingerprint density at radius 1 is 1.39 bits per heavy atom. The van der Waals surface area contributed by atoms with Crippen molar-refractivity contribution in [3.63, 3.8) is 0 Å². The smallest absolute Gasteiger partial charge is 0.263 e. The summed E-state index contributed by atoms with van der Waals surface area (Å²) in [4.78, 5) is 19.5. The van der Waals surface area contributed by atoms with E-state index in [1.54, 1.807) is 10.6 Å². The first-order chi connectivity index (χ1) is 13.4. The quantitative estimate of drug-likeness (QED) is 0.340. The number of aryl methyl sites for hydroxylation is 3. The van der Waals surface area contributed by atoms with E-state index in [1.165, 1.54) is 23.1 Å². The third-order valence-corrected chi connectivity index (χ3v) is 6.62. The van der Waals surface area contributed by atoms with Crippen molar-refractivity contribution in [1.29, 1.82) is 0 Å². The maximum Gasteiger partial charge on any atom is 0.263 e. The van der Waals surface area contributed by atoms with Crippen molar-refractivity contribution in [2.75, 3.05) is 12.4 Å². The number of thioether (sulfide) groups is 1. The number of ether oxygens (including phenoxy) is 1. The number of rotatable bonds is 8. The molecule has 3 aromatic rings. The molecule has 0 amide bonds. The molecule has 0 aliphatic rings. The molecule has 0 spiro atoms. The Kier molecular flexibility index (Phi) is 6.59. The summed E-state index contributed by atoms with van der Waals surface area (Å²) in [6.07, 6.45) is 1.01. The summed E-state index contributed by atoms with van der Waals surface area (Å²) in [5.41, 5.74) is 2.03. The molecule has 0 bridgehead atoms. The lowest BCUT2D eigenvalue weighted by Gasteiger charge is -2.14. The molecule has 2 heterocycles. The number of nitrogens with zero attached hydrogens (tertiary/aromatic N) is 2. The van der Waals surface area contributed by atoms with Crippen molar-refractivity contribution in [3.8, 4) is 5.75 Å². The first-order valence-electron chi connectivity index (χ1n) is 9.02. The molecule has 2 aromatic heterocycles. The molecule has 28 heavy (non-hydrogen) atoms. The number of hydrogen-bond donors (Lipinski definition) is 1. The Bertz CT molecular complexity index is 1060. The zero-order valence-corrected chi connectivity index (χ0v) is 17.9. The summed E-state index contributed by atoms with van der Waals surface area (Å²) in [6.45, 7) is 10.3. The topological polar surface area (TPSA) is 64.3 Å². The van der Waals surface area contributed by atoms with Crippen LogP contribution >= 0.6 is 23.1 Å². The van der Waals surface area contributed by atoms with Crippen LogP contribution in [0.4, 0.5) is 0 Å². The molecule has 0 fully saturated rings. The Labute approximate surface area is 172 Å². The van der Waals surface area contributed by atoms with Gasteiger partial charge < -0.3 is 9.84 Å². The van der Waals surface area contributed by atoms with Crippen LogP contribution in [0.25, 0.3) is 10.2 Å². The van der Waals surface area contributed by atoms with E-state index in [2.05, 4.69) is 11.6 Å². The maximum absolute atomic E-state index is 12.9. The summed E-state index contributed by atoms with van der Waals surface area (Å²) >= 11 is 2.88. The SMILES string of the molecule is C=CCn1c(SC[C@H](O)COc2cccc(C)c2)nc2sc(C)c(C)c2c1=O. The highest BCUT2D eigenvalue weighted by Gasteiger charge is 2.17. The van der Waals surface area contributed by atoms with E-state index in [1.807, 2.05) is 45.0 Å². The zero-order chi connectivity index (χ0) is 20.3. The number of benzene rings is 1. The highest BCUT2D eigenvalue weighted by molar-refractivity contribution is 7.99. The van der Waals surface area contributed by atoms with Crippen LogP contribution in [0.15, 0.2) is 46.9 Å². The fourth-order valence-electron chi connectivity index (χ4n) is 2.83. The van der Waals surface area contributed by atoms with Gasteiger partial charge in [0.1, 0.15) is 17.2 Å². The normalized spacial score (nSPS) is 12.3. The lowest BCUT2D eigenvalue weighted by atomic mass is 10.2. The molecular weight excluding hydrogens is 392 g/mol. The molecule has 5 nitrogen and oxygen atoms in total. The van der Waals surface area contributed by atoms with Crippen molar-refractivity contribution in [3.05, 3.63) is 63.3 Å². The second-order valence-corrected chi connectivity index (χ2v) is 8.84. The molecule has 1 aromatic carbocycles. The van der Waals surface area contributed by atoms with Gasteiger partial charge in [-0.05, 0) is 44.0 Å². The molecule has 0 saturated carbocycles. The zero-order valence-electron chi connectivity index (χ0n) is 16.3. The average Bonchev–Trinajstić information content (AvgIpc) is 2.95. The van der Waals surface area contributed by atoms with Gasteiger partial charge in [-0.1, -0.05) is 30.0 Å². The minimum absolute atomic E-state index is 0.0558. The molecule has 0 unspecified atom stereocenters. The number of allylic oxidation sites excluding steroid dienone is 1. The summed E-state index contributed by atoms with van der Waals surface area (Å²) in [5, 5.41) is 11.6. The van der Waals surface area contributed by atoms with Crippen molar-refractivity contribution in [2.45, 2.75) is 38.6 Å². The monoisotopic (exact) mass is 416 g/mol. The second-order valence-electron chi connectivity index (χ2n) is 6.65. The Hall–Kier alpha value is -2.09. The Morgan fingerprint density at radius 3 is 2.89 bits per heavy atom. The van der Waals surface area contributed by atoms with Crippen LogP contribution in [0.3, 0.4) is 0 Å². The molecule has 0 aliphatic heterocycles. The van der Waals surface area contributed by atoms with Gasteiger partial charge in [-0.15, -0.1) is 17.9 Å². The predicted octanol–water partition coefficient (Wildman–Crippen LogP) is 4.10. The lowest BCUT2D eigenvalue weighted by Crippen LogP contribution is -2.24. The second kappa shape index (κ2) is 8.94. The molecular formula is C21H24N2O3S2. The van der Waals surface area contributed by atoms with Gasteiger partial charge in [-0.25, -0.2) is 4.98 Å². The van der Waals surface area contributed by atoms with Gasteiger partial charge in [0.2, 0.25) is 0 Å². The minimum Gasteiger partial charge on any atom is -0.491 e. The molecule has 0 radical (unpaired) electrons. The van der Waals surface area contributed by atoms with Gasteiger partial charge in [-0.2, -0.15) is 0 Å². The summed E-state index contributed by atoms with van der Waals surface area (Å²) < 4.78 is 7.28. The van der Waals surface area contributed by atoms with Crippen molar-refractivity contribution in [2.24, 2.45) is 0 Å². The van der Waals surface area contributed by atoms with E-state index < -0.39 is 6.10 Å². The Morgan fingerprint density at radius 2 is 2.18 bits per heavy atom. The van der Waals surface area contributed by atoms with E-state index in [0.29, 0.717) is 22.8 Å². The first kappa shape index (κ1) is 20.6. The molecule has 3 rings (SSSR count). The highest BCUT2D eigenvalue weighted by atomic mass is 32.2. The fraction of sp³-hybridized carbons (Fsp3) is 0.333. The summed E-state index contributed by atoms with van der Waals surface area (Å²) in [5.74, 6) is 1.11. The Balaban J connectivity index is 1.74. The van der Waals surface area contributed by atoms with Gasteiger partial charge >= 0.3 is 0 Å². The van der Waals surface area contributed by atoms with Crippen LogP contribution in [0.5, 0.6) is 5.75 Å². The molecule has 1 N–H and O–H groups in total. The van der Waals surface area contributed by atoms with E-state index in [-0.39, 0.29) is 12.2 Å². The molecule has 148 valence electrons. The average molecular weight is 417 g/mol. The van der Waals surface area contributed by atoms with E-state index in [9.17, 15) is 9.90 Å². The van der Waals surface area contributed by atoms with E-state index in [4.69, 9.17) is 4.74 Å². The molecule has 0 saturated heterocycles. The number of aromatic nitrogens is 2. The van der Waals surface area contributed by atoms with Crippen LogP contribution in [0, 0.1) is 20.8 Å². The number of aliphatic hydroxyl groups is 1. The fourth-order valence-corrected chi connectivity index (χ4v) is 4.81. The van der Waals surface area contributed by atoms with Gasteiger partial charge in [0.25, 0.3) is 5.56 Å². The van der Waals surface area contributed by atoms with E-state index in [0.717, 1.165) is 26.6 Å². The molecule has 7 heteroatoms. The largest absolute Gasteiger partial charge is 0.491 e. The number of aliphatic hydroxyl groups excluding tert-OH is 1. The van der Waals surface area contributed by atoms with Crippen LogP contribution in [-0.2, 0) is 6.54 Å². The summed E-state index contributed by atoms with van der Waals surface area (Å²) in [6, 6.07) is 7.71. The van der Waals surface area contributed by atoms with Crippen LogP contribution in [0.1, 0.15) is 16.0 Å². The van der Waals surface area contributed by atoms with Crippen molar-refractivity contribution >= 4 is 33.3 Å². The van der Waals surface area contributed by atoms with Gasteiger partial charge in [0, 0.05) is 17.2 Å². The molecule has 1 atom stereocenters.